The molecule has 0 aliphatic carbocycles. The van der Waals surface area contributed by atoms with Crippen molar-refractivity contribution in [1.82, 2.24) is 14.9 Å². The van der Waals surface area contributed by atoms with Crippen LogP contribution in [0.2, 0.25) is 0 Å². The van der Waals surface area contributed by atoms with Crippen molar-refractivity contribution >= 4 is 9.84 Å². The molecule has 0 radical (unpaired) electrons. The van der Waals surface area contributed by atoms with E-state index in [9.17, 15) is 8.42 Å². The molecule has 2 atom stereocenters. The van der Waals surface area contributed by atoms with E-state index < -0.39 is 9.84 Å². The van der Waals surface area contributed by atoms with Gasteiger partial charge in [-0.1, -0.05) is 0 Å². The fourth-order valence-corrected chi connectivity index (χ4v) is 2.76. The van der Waals surface area contributed by atoms with E-state index in [1.165, 1.54) is 6.26 Å². The molecule has 0 saturated heterocycles. The molecule has 1 rings (SSSR count). The number of imidazole rings is 1. The Hall–Kier alpha value is -0.880. The van der Waals surface area contributed by atoms with Crippen molar-refractivity contribution < 1.29 is 8.42 Å². The molecule has 0 aliphatic rings. The normalized spacial score (nSPS) is 15.9. The van der Waals surface area contributed by atoms with Crippen LogP contribution in [0.5, 0.6) is 0 Å². The lowest BCUT2D eigenvalue weighted by molar-refractivity contribution is 0.437. The van der Waals surface area contributed by atoms with Crippen LogP contribution in [0.1, 0.15) is 13.8 Å². The number of aromatic nitrogens is 2. The summed E-state index contributed by atoms with van der Waals surface area (Å²) >= 11 is 0. The molecule has 16 heavy (non-hydrogen) atoms. The molecule has 5 nitrogen and oxygen atoms in total. The Kier molecular flexibility index (Phi) is 4.49. The quantitative estimate of drug-likeness (QED) is 0.782. The van der Waals surface area contributed by atoms with E-state index in [0.717, 1.165) is 6.54 Å². The maximum atomic E-state index is 11.1. The zero-order valence-corrected chi connectivity index (χ0v) is 10.7. The summed E-state index contributed by atoms with van der Waals surface area (Å²) in [5.74, 6) is 0.168. The van der Waals surface area contributed by atoms with Crippen molar-refractivity contribution in [2.24, 2.45) is 0 Å². The largest absolute Gasteiger partial charge is 0.336 e. The van der Waals surface area contributed by atoms with Crippen LogP contribution in [-0.2, 0) is 16.4 Å². The van der Waals surface area contributed by atoms with Crippen molar-refractivity contribution in [3.63, 3.8) is 0 Å². The molecule has 0 aromatic carbocycles. The molecule has 2 unspecified atom stereocenters. The Bertz CT molecular complexity index is 400. The van der Waals surface area contributed by atoms with E-state index in [1.54, 1.807) is 12.5 Å². The van der Waals surface area contributed by atoms with E-state index in [0.29, 0.717) is 0 Å². The van der Waals surface area contributed by atoms with Gasteiger partial charge in [0.15, 0.2) is 0 Å². The monoisotopic (exact) mass is 245 g/mol. The van der Waals surface area contributed by atoms with Crippen LogP contribution in [0.4, 0.5) is 0 Å². The second kappa shape index (κ2) is 5.45. The summed E-state index contributed by atoms with van der Waals surface area (Å²) in [7, 11) is -2.91. The lowest BCUT2D eigenvalue weighted by atomic mass is 10.3. The maximum absolute atomic E-state index is 11.1. The summed E-state index contributed by atoms with van der Waals surface area (Å²) in [6.45, 7) is 4.69. The first-order chi connectivity index (χ1) is 7.37. The highest BCUT2D eigenvalue weighted by atomic mass is 32.2. The minimum Gasteiger partial charge on any atom is -0.336 e. The van der Waals surface area contributed by atoms with Crippen molar-refractivity contribution in [3.8, 4) is 0 Å². The van der Waals surface area contributed by atoms with Crippen LogP contribution in [-0.4, -0.2) is 42.1 Å². The van der Waals surface area contributed by atoms with Gasteiger partial charge in [0.2, 0.25) is 0 Å². The molecule has 1 aromatic rings. The van der Waals surface area contributed by atoms with Crippen LogP contribution in [0.3, 0.4) is 0 Å². The smallest absolute Gasteiger partial charge is 0.148 e. The Morgan fingerprint density at radius 3 is 2.56 bits per heavy atom. The minimum atomic E-state index is -2.91. The first-order valence-electron chi connectivity index (χ1n) is 5.26. The molecule has 1 aromatic heterocycles. The average Bonchev–Trinajstić information content (AvgIpc) is 2.51. The highest BCUT2D eigenvalue weighted by Crippen LogP contribution is 1.96. The van der Waals surface area contributed by atoms with Gasteiger partial charge in [0.05, 0.1) is 12.1 Å². The van der Waals surface area contributed by atoms with E-state index in [-0.39, 0.29) is 17.8 Å². The van der Waals surface area contributed by atoms with Crippen LogP contribution in [0, 0.1) is 0 Å². The summed E-state index contributed by atoms with van der Waals surface area (Å²) in [6, 6.07) is 0.180. The lowest BCUT2D eigenvalue weighted by Crippen LogP contribution is -2.40. The van der Waals surface area contributed by atoms with Crippen molar-refractivity contribution in [3.05, 3.63) is 18.7 Å². The van der Waals surface area contributed by atoms with Gasteiger partial charge in [0.1, 0.15) is 9.84 Å². The Balaban J connectivity index is 2.37. The molecule has 1 heterocycles. The van der Waals surface area contributed by atoms with Gasteiger partial charge in [0, 0.05) is 37.3 Å². The summed E-state index contributed by atoms with van der Waals surface area (Å²) in [6.07, 6.45) is 6.62. The van der Waals surface area contributed by atoms with Crippen LogP contribution >= 0.6 is 0 Å². The van der Waals surface area contributed by atoms with Gasteiger partial charge in [-0.25, -0.2) is 13.4 Å². The third-order valence-electron chi connectivity index (χ3n) is 2.17. The average molecular weight is 245 g/mol. The van der Waals surface area contributed by atoms with Crippen molar-refractivity contribution in [2.45, 2.75) is 32.5 Å². The van der Waals surface area contributed by atoms with Crippen LogP contribution in [0.15, 0.2) is 18.7 Å². The van der Waals surface area contributed by atoms with Gasteiger partial charge >= 0.3 is 0 Å². The fourth-order valence-electron chi connectivity index (χ4n) is 1.75. The predicted octanol–water partition coefficient (Wildman–Crippen LogP) is 0.294. The van der Waals surface area contributed by atoms with Crippen LogP contribution in [0.25, 0.3) is 0 Å². The van der Waals surface area contributed by atoms with Gasteiger partial charge in [-0.3, -0.25) is 0 Å². The molecule has 1 N–H and O–H groups in total. The van der Waals surface area contributed by atoms with E-state index in [2.05, 4.69) is 10.3 Å². The molecule has 0 aliphatic heterocycles. The first-order valence-corrected chi connectivity index (χ1v) is 7.32. The highest BCUT2D eigenvalue weighted by Gasteiger charge is 2.12. The standard InChI is InChI=1S/C10H19N3O2S/c1-9(6-13-5-4-11-8-13)12-10(2)7-16(3,14)15/h4-5,8-10,12H,6-7H2,1-3H3. The summed E-state index contributed by atoms with van der Waals surface area (Å²) in [5, 5.41) is 3.25. The summed E-state index contributed by atoms with van der Waals surface area (Å²) in [5.41, 5.74) is 0. The van der Waals surface area contributed by atoms with Gasteiger partial charge in [-0.15, -0.1) is 0 Å². The van der Waals surface area contributed by atoms with Gasteiger partial charge in [0.25, 0.3) is 0 Å². The molecular formula is C10H19N3O2S. The summed E-state index contributed by atoms with van der Waals surface area (Å²) in [4.78, 5) is 3.95. The number of nitrogens with one attached hydrogen (secondary N) is 1. The van der Waals surface area contributed by atoms with E-state index in [1.807, 2.05) is 24.6 Å². The molecule has 0 saturated carbocycles. The molecule has 92 valence electrons. The number of nitrogens with zero attached hydrogens (tertiary/aromatic N) is 2. The minimum absolute atomic E-state index is 0.0338. The third-order valence-corrected chi connectivity index (χ3v) is 3.27. The van der Waals surface area contributed by atoms with E-state index >= 15 is 0 Å². The molecular weight excluding hydrogens is 226 g/mol. The number of hydrogen-bond acceptors (Lipinski definition) is 4. The second-order valence-electron chi connectivity index (χ2n) is 4.32. The van der Waals surface area contributed by atoms with Crippen molar-refractivity contribution in [1.29, 1.82) is 0 Å². The zero-order chi connectivity index (χ0) is 12.2. The Labute approximate surface area is 96.8 Å². The summed E-state index contributed by atoms with van der Waals surface area (Å²) < 4.78 is 24.1. The third kappa shape index (κ3) is 5.27. The zero-order valence-electron chi connectivity index (χ0n) is 9.92. The van der Waals surface area contributed by atoms with Crippen molar-refractivity contribution in [2.75, 3.05) is 12.0 Å². The van der Waals surface area contributed by atoms with E-state index in [4.69, 9.17) is 0 Å². The van der Waals surface area contributed by atoms with Crippen LogP contribution < -0.4 is 5.32 Å². The molecule has 0 spiro atoms. The maximum Gasteiger partial charge on any atom is 0.148 e. The number of sulfone groups is 1. The topological polar surface area (TPSA) is 64.0 Å². The predicted molar refractivity (Wildman–Crippen MR) is 64.0 cm³/mol. The highest BCUT2D eigenvalue weighted by molar-refractivity contribution is 7.90. The van der Waals surface area contributed by atoms with Gasteiger partial charge < -0.3 is 9.88 Å². The van der Waals surface area contributed by atoms with Gasteiger partial charge in [-0.2, -0.15) is 0 Å². The fraction of sp³-hybridized carbons (Fsp3) is 0.700. The van der Waals surface area contributed by atoms with Gasteiger partial charge in [-0.05, 0) is 13.8 Å². The number of rotatable bonds is 6. The Morgan fingerprint density at radius 1 is 1.38 bits per heavy atom. The Morgan fingerprint density at radius 2 is 2.06 bits per heavy atom. The second-order valence-corrected chi connectivity index (χ2v) is 6.51. The lowest BCUT2D eigenvalue weighted by Gasteiger charge is -2.19. The SMILES string of the molecule is CC(Cn1ccnc1)NC(C)CS(C)(=O)=O. The molecule has 0 fully saturated rings. The first kappa shape index (κ1) is 13.2. The molecule has 6 heteroatoms. The number of hydrogen-bond donors (Lipinski definition) is 1. The molecule has 0 bridgehead atoms. The molecule has 0 amide bonds.